The molecule has 5 heteroatoms. The Bertz CT molecular complexity index is 697. The number of nitrogens with two attached hydrogens (primary N) is 1. The molecule has 2 aromatic rings. The molecule has 0 unspecified atom stereocenters. The molecule has 0 spiro atoms. The van der Waals surface area contributed by atoms with Crippen LogP contribution in [0.25, 0.3) is 0 Å². The van der Waals surface area contributed by atoms with Gasteiger partial charge in [-0.15, -0.1) is 12.4 Å². The van der Waals surface area contributed by atoms with Gasteiger partial charge in [-0.1, -0.05) is 37.1 Å². The van der Waals surface area contributed by atoms with Crippen LogP contribution in [0.15, 0.2) is 48.5 Å². The van der Waals surface area contributed by atoms with Gasteiger partial charge in [0.1, 0.15) is 5.82 Å². The van der Waals surface area contributed by atoms with Gasteiger partial charge < -0.3 is 10.6 Å². The number of nitrogens with zero attached hydrogens (tertiary/aromatic N) is 1. The maximum Gasteiger partial charge on any atom is 0.254 e. The summed E-state index contributed by atoms with van der Waals surface area (Å²) in [6.07, 6.45) is 5.23. The Labute approximate surface area is 160 Å². The van der Waals surface area contributed by atoms with Gasteiger partial charge in [0.15, 0.2) is 0 Å². The van der Waals surface area contributed by atoms with E-state index in [1.54, 1.807) is 12.1 Å². The highest BCUT2D eigenvalue weighted by Gasteiger charge is 2.27. The number of carbonyl (C=O) groups excluding carboxylic acids is 1. The van der Waals surface area contributed by atoms with E-state index in [1.165, 1.54) is 25.0 Å². The topological polar surface area (TPSA) is 46.3 Å². The molecule has 2 N–H and O–H groups in total. The average molecular weight is 377 g/mol. The lowest BCUT2D eigenvalue weighted by atomic mass is 10.1. The standard InChI is InChI=1S/C21H25FN2O.ClH/c22-19-11-7-16(8-12-19)13-14-24(20-3-1-2-4-20)21(25)18-9-5-17(15-23)6-10-18;/h5-12,20H,1-4,13-15,23H2;1H. The molecule has 26 heavy (non-hydrogen) atoms. The molecule has 3 nitrogen and oxygen atoms in total. The van der Waals surface area contributed by atoms with Crippen molar-refractivity contribution in [2.24, 2.45) is 5.73 Å². The second-order valence-corrected chi connectivity index (χ2v) is 6.71. The molecule has 1 saturated carbocycles. The number of amides is 1. The van der Waals surface area contributed by atoms with Gasteiger partial charge in [-0.3, -0.25) is 4.79 Å². The lowest BCUT2D eigenvalue weighted by molar-refractivity contribution is 0.0684. The van der Waals surface area contributed by atoms with Crippen LogP contribution >= 0.6 is 12.4 Å². The zero-order chi connectivity index (χ0) is 17.6. The minimum absolute atomic E-state index is 0. The molecule has 2 aromatic carbocycles. The number of carbonyl (C=O) groups is 1. The van der Waals surface area contributed by atoms with Crippen molar-refractivity contribution in [3.05, 3.63) is 71.0 Å². The van der Waals surface area contributed by atoms with E-state index in [4.69, 9.17) is 5.73 Å². The molecule has 1 fully saturated rings. The van der Waals surface area contributed by atoms with Crippen LogP contribution in [0.2, 0.25) is 0 Å². The summed E-state index contributed by atoms with van der Waals surface area (Å²) in [5.41, 5.74) is 8.42. The highest BCUT2D eigenvalue weighted by atomic mass is 35.5. The highest BCUT2D eigenvalue weighted by molar-refractivity contribution is 5.94. The summed E-state index contributed by atoms with van der Waals surface area (Å²) < 4.78 is 13.1. The van der Waals surface area contributed by atoms with Crippen LogP contribution in [0, 0.1) is 5.82 Å². The first kappa shape index (κ1) is 20.4. The van der Waals surface area contributed by atoms with Crippen LogP contribution in [0.1, 0.15) is 47.2 Å². The fourth-order valence-electron chi connectivity index (χ4n) is 3.52. The normalized spacial score (nSPS) is 14.1. The van der Waals surface area contributed by atoms with Gasteiger partial charge >= 0.3 is 0 Å². The van der Waals surface area contributed by atoms with Crippen molar-refractivity contribution < 1.29 is 9.18 Å². The summed E-state index contributed by atoms with van der Waals surface area (Å²) in [6, 6.07) is 14.4. The molecule has 0 heterocycles. The fourth-order valence-corrected chi connectivity index (χ4v) is 3.52. The predicted molar refractivity (Wildman–Crippen MR) is 105 cm³/mol. The lowest BCUT2D eigenvalue weighted by Gasteiger charge is -2.29. The molecule has 3 rings (SSSR count). The van der Waals surface area contributed by atoms with Gasteiger partial charge in [0.25, 0.3) is 5.91 Å². The Morgan fingerprint density at radius 2 is 1.58 bits per heavy atom. The Morgan fingerprint density at radius 3 is 2.15 bits per heavy atom. The third-order valence-electron chi connectivity index (χ3n) is 5.02. The Hall–Kier alpha value is -1.91. The van der Waals surface area contributed by atoms with Gasteiger partial charge in [-0.05, 0) is 54.7 Å². The molecule has 1 aliphatic carbocycles. The monoisotopic (exact) mass is 376 g/mol. The zero-order valence-electron chi connectivity index (χ0n) is 14.9. The molecule has 0 aliphatic heterocycles. The SMILES string of the molecule is Cl.NCc1ccc(C(=O)N(CCc2ccc(F)cc2)C2CCCC2)cc1. The number of halogens is 2. The number of hydrogen-bond donors (Lipinski definition) is 1. The second-order valence-electron chi connectivity index (χ2n) is 6.71. The summed E-state index contributed by atoms with van der Waals surface area (Å²) >= 11 is 0. The smallest absolute Gasteiger partial charge is 0.254 e. The lowest BCUT2D eigenvalue weighted by Crippen LogP contribution is -2.40. The molecule has 0 bridgehead atoms. The second kappa shape index (κ2) is 9.70. The third kappa shape index (κ3) is 5.05. The van der Waals surface area contributed by atoms with E-state index in [9.17, 15) is 9.18 Å². The maximum absolute atomic E-state index is 13.1. The minimum Gasteiger partial charge on any atom is -0.335 e. The first-order chi connectivity index (χ1) is 12.2. The fraction of sp³-hybridized carbons (Fsp3) is 0.381. The minimum atomic E-state index is -0.229. The number of hydrogen-bond acceptors (Lipinski definition) is 2. The first-order valence-electron chi connectivity index (χ1n) is 9.02. The van der Waals surface area contributed by atoms with E-state index >= 15 is 0 Å². The molecule has 0 atom stereocenters. The van der Waals surface area contributed by atoms with Crippen molar-refractivity contribution >= 4 is 18.3 Å². The summed E-state index contributed by atoms with van der Waals surface area (Å²) in [6.45, 7) is 1.14. The predicted octanol–water partition coefficient (Wildman–Crippen LogP) is 4.33. The molecule has 140 valence electrons. The number of benzene rings is 2. The van der Waals surface area contributed by atoms with Crippen molar-refractivity contribution in [1.82, 2.24) is 4.90 Å². The summed E-state index contributed by atoms with van der Waals surface area (Å²) in [4.78, 5) is 15.0. The van der Waals surface area contributed by atoms with E-state index in [2.05, 4.69) is 0 Å². The van der Waals surface area contributed by atoms with Crippen LogP contribution in [0.4, 0.5) is 4.39 Å². The van der Waals surface area contributed by atoms with Gasteiger partial charge in [0.2, 0.25) is 0 Å². The van der Waals surface area contributed by atoms with Gasteiger partial charge in [0.05, 0.1) is 0 Å². The van der Waals surface area contributed by atoms with Crippen LogP contribution in [0.3, 0.4) is 0 Å². The van der Waals surface area contributed by atoms with E-state index in [-0.39, 0.29) is 24.1 Å². The quantitative estimate of drug-likeness (QED) is 0.815. The third-order valence-corrected chi connectivity index (χ3v) is 5.02. The summed E-state index contributed by atoms with van der Waals surface area (Å²) in [5.74, 6) is -0.148. The number of rotatable bonds is 6. The summed E-state index contributed by atoms with van der Waals surface area (Å²) in [5, 5.41) is 0. The van der Waals surface area contributed by atoms with Gasteiger partial charge in [0, 0.05) is 24.7 Å². The van der Waals surface area contributed by atoms with Crippen LogP contribution < -0.4 is 5.73 Å². The molecule has 0 saturated heterocycles. The van der Waals surface area contributed by atoms with Crippen LogP contribution in [0.5, 0.6) is 0 Å². The molecular weight excluding hydrogens is 351 g/mol. The van der Waals surface area contributed by atoms with E-state index < -0.39 is 0 Å². The van der Waals surface area contributed by atoms with Crippen molar-refractivity contribution in [3.63, 3.8) is 0 Å². The average Bonchev–Trinajstić information content (AvgIpc) is 3.18. The van der Waals surface area contributed by atoms with Gasteiger partial charge in [-0.2, -0.15) is 0 Å². The maximum atomic E-state index is 13.1. The first-order valence-corrected chi connectivity index (χ1v) is 9.02. The van der Waals surface area contributed by atoms with E-state index in [0.29, 0.717) is 24.7 Å². The molecule has 1 amide bonds. The van der Waals surface area contributed by atoms with Crippen molar-refractivity contribution in [1.29, 1.82) is 0 Å². The van der Waals surface area contributed by atoms with Crippen molar-refractivity contribution in [2.75, 3.05) is 6.54 Å². The van der Waals surface area contributed by atoms with Crippen molar-refractivity contribution in [3.8, 4) is 0 Å². The van der Waals surface area contributed by atoms with Crippen LogP contribution in [-0.4, -0.2) is 23.4 Å². The molecule has 0 radical (unpaired) electrons. The Kier molecular flexibility index (Phi) is 7.61. The zero-order valence-corrected chi connectivity index (χ0v) is 15.7. The molecule has 0 aromatic heterocycles. The highest BCUT2D eigenvalue weighted by Crippen LogP contribution is 2.25. The van der Waals surface area contributed by atoms with Gasteiger partial charge in [-0.25, -0.2) is 4.39 Å². The molecule has 1 aliphatic rings. The van der Waals surface area contributed by atoms with Crippen molar-refractivity contribution in [2.45, 2.75) is 44.7 Å². The largest absolute Gasteiger partial charge is 0.335 e. The van der Waals surface area contributed by atoms with E-state index in [1.807, 2.05) is 29.2 Å². The Balaban J connectivity index is 0.00000243. The Morgan fingerprint density at radius 1 is 1.00 bits per heavy atom. The van der Waals surface area contributed by atoms with E-state index in [0.717, 1.165) is 30.4 Å². The summed E-state index contributed by atoms with van der Waals surface area (Å²) in [7, 11) is 0. The molecular formula is C21H26ClFN2O. The van der Waals surface area contributed by atoms with Crippen LogP contribution in [-0.2, 0) is 13.0 Å².